The summed E-state index contributed by atoms with van der Waals surface area (Å²) in [4.78, 5) is 13.4. The molecular weight excluding hydrogens is 298 g/mol. The van der Waals surface area contributed by atoms with Gasteiger partial charge in [0.2, 0.25) is 0 Å². The number of nitro benzene ring substituents is 1. The number of hydrogen-bond donors (Lipinski definition) is 3. The van der Waals surface area contributed by atoms with Crippen LogP contribution in [0.1, 0.15) is 5.69 Å². The van der Waals surface area contributed by atoms with Crippen LogP contribution in [0.25, 0.3) is 22.6 Å². The van der Waals surface area contributed by atoms with Gasteiger partial charge in [-0.05, 0) is 10.8 Å². The van der Waals surface area contributed by atoms with Crippen LogP contribution in [-0.2, 0) is 0 Å². The number of hydrogen-bond acceptors (Lipinski definition) is 4. The van der Waals surface area contributed by atoms with Gasteiger partial charge >= 0.3 is 5.82 Å². The first kappa shape index (κ1) is 14.6. The summed E-state index contributed by atoms with van der Waals surface area (Å²) in [5, 5.41) is 31.2. The number of aromatic nitrogens is 2. The summed E-state index contributed by atoms with van der Waals surface area (Å²) in [6, 6.07) is 13.0. The van der Waals surface area contributed by atoms with Crippen LogP contribution in [0.2, 0.25) is 0 Å². The number of phenolic OH excluding ortho intramolecular Hbond substituents is 1. The maximum absolute atomic E-state index is 10.9. The second kappa shape index (κ2) is 5.45. The molecule has 23 heavy (non-hydrogen) atoms. The van der Waals surface area contributed by atoms with Crippen LogP contribution >= 0.6 is 0 Å². The molecular formula is C16H14N3O4+. The van der Waals surface area contributed by atoms with Crippen molar-refractivity contribution in [2.45, 2.75) is 6.92 Å². The molecule has 116 valence electrons. The van der Waals surface area contributed by atoms with Crippen molar-refractivity contribution in [3.8, 4) is 28.4 Å². The van der Waals surface area contributed by atoms with Gasteiger partial charge in [0.15, 0.2) is 11.4 Å². The number of nitro groups is 1. The number of H-pyrrole nitrogens is 1. The zero-order valence-corrected chi connectivity index (χ0v) is 12.2. The average Bonchev–Trinajstić information content (AvgIpc) is 2.84. The van der Waals surface area contributed by atoms with Crippen LogP contribution in [-0.4, -0.2) is 20.2 Å². The predicted molar refractivity (Wildman–Crippen MR) is 82.1 cm³/mol. The maximum atomic E-state index is 10.9. The molecule has 0 amide bonds. The van der Waals surface area contributed by atoms with Crippen molar-refractivity contribution in [3.63, 3.8) is 0 Å². The fourth-order valence-electron chi connectivity index (χ4n) is 2.43. The van der Waals surface area contributed by atoms with Crippen LogP contribution in [0.3, 0.4) is 0 Å². The van der Waals surface area contributed by atoms with E-state index in [-0.39, 0.29) is 22.8 Å². The molecule has 3 rings (SSSR count). The van der Waals surface area contributed by atoms with E-state index in [1.54, 1.807) is 6.92 Å². The van der Waals surface area contributed by atoms with Crippen LogP contribution in [0.5, 0.6) is 5.75 Å². The van der Waals surface area contributed by atoms with Crippen LogP contribution < -0.4 is 4.73 Å². The number of aromatic hydroxyl groups is 1. The fourth-order valence-corrected chi connectivity index (χ4v) is 2.43. The normalized spacial score (nSPS) is 10.7. The highest BCUT2D eigenvalue weighted by molar-refractivity contribution is 5.69. The molecule has 0 radical (unpaired) electrons. The first-order valence-corrected chi connectivity index (χ1v) is 6.86. The third kappa shape index (κ3) is 2.48. The zero-order valence-electron chi connectivity index (χ0n) is 12.2. The smallest absolute Gasteiger partial charge is 0.330 e. The van der Waals surface area contributed by atoms with Crippen LogP contribution in [0, 0.1) is 17.0 Å². The number of phenols is 1. The standard InChI is InChI=1S/C16H13N3O4/c1-10-15(11-5-3-2-4-6-11)17-16(18(10)21)13-9-12(19(22)23)7-8-14(13)20/h2-9,21H,1H3,(H,17,20)/p+1. The van der Waals surface area contributed by atoms with Crippen LogP contribution in [0.15, 0.2) is 48.5 Å². The largest absolute Gasteiger partial charge is 0.507 e. The average molecular weight is 312 g/mol. The Morgan fingerprint density at radius 2 is 1.87 bits per heavy atom. The summed E-state index contributed by atoms with van der Waals surface area (Å²) < 4.78 is 0.876. The summed E-state index contributed by atoms with van der Waals surface area (Å²) >= 11 is 0. The number of benzene rings is 2. The Morgan fingerprint density at radius 3 is 2.52 bits per heavy atom. The lowest BCUT2D eigenvalue weighted by atomic mass is 10.1. The highest BCUT2D eigenvalue weighted by Gasteiger charge is 2.27. The van der Waals surface area contributed by atoms with E-state index in [1.165, 1.54) is 18.2 Å². The highest BCUT2D eigenvalue weighted by atomic mass is 16.6. The predicted octanol–water partition coefficient (Wildman–Crippen LogP) is 2.80. The minimum absolute atomic E-state index is 0.145. The highest BCUT2D eigenvalue weighted by Crippen LogP contribution is 2.32. The summed E-state index contributed by atoms with van der Waals surface area (Å²) in [5.74, 6) is 0.00168. The Morgan fingerprint density at radius 1 is 1.17 bits per heavy atom. The SMILES string of the molecule is Cc1c(-c2ccccc2)[nH]c(-c2cc([N+](=O)[O-])ccc2O)[n+]1O. The van der Waals surface area contributed by atoms with Gasteiger partial charge in [-0.2, -0.15) is 0 Å². The summed E-state index contributed by atoms with van der Waals surface area (Å²) in [7, 11) is 0. The number of non-ortho nitro benzene ring substituents is 1. The molecule has 0 unspecified atom stereocenters. The molecule has 1 aromatic heterocycles. The lowest BCUT2D eigenvalue weighted by Gasteiger charge is -1.99. The van der Waals surface area contributed by atoms with E-state index in [0.717, 1.165) is 10.3 Å². The van der Waals surface area contributed by atoms with E-state index in [1.807, 2.05) is 30.3 Å². The topological polar surface area (TPSA) is 103 Å². The molecule has 3 N–H and O–H groups in total. The van der Waals surface area contributed by atoms with Gasteiger partial charge < -0.3 is 10.3 Å². The van der Waals surface area contributed by atoms with Crippen molar-refractivity contribution >= 4 is 5.69 Å². The van der Waals surface area contributed by atoms with Crippen molar-refractivity contribution < 1.29 is 20.0 Å². The lowest BCUT2D eigenvalue weighted by Crippen LogP contribution is -2.33. The van der Waals surface area contributed by atoms with Crippen LogP contribution in [0.4, 0.5) is 5.69 Å². The summed E-state index contributed by atoms with van der Waals surface area (Å²) in [6.07, 6.45) is 0. The minimum atomic E-state index is -0.557. The van der Waals surface area contributed by atoms with Gasteiger partial charge in [0, 0.05) is 24.6 Å². The third-order valence-corrected chi connectivity index (χ3v) is 3.64. The minimum Gasteiger partial charge on any atom is -0.507 e. The van der Waals surface area contributed by atoms with Crippen molar-refractivity contribution in [1.29, 1.82) is 0 Å². The van der Waals surface area contributed by atoms with E-state index < -0.39 is 4.92 Å². The Bertz CT molecular complexity index is 888. The Hall–Kier alpha value is -3.35. The molecule has 0 bridgehead atoms. The van der Waals surface area contributed by atoms with Crippen molar-refractivity contribution in [1.82, 2.24) is 4.98 Å². The quantitative estimate of drug-likeness (QED) is 0.299. The molecule has 0 aliphatic carbocycles. The van der Waals surface area contributed by atoms with Gasteiger partial charge in [-0.25, -0.2) is 4.98 Å². The molecule has 1 heterocycles. The van der Waals surface area contributed by atoms with Gasteiger partial charge in [-0.15, -0.1) is 0 Å². The van der Waals surface area contributed by atoms with E-state index in [4.69, 9.17) is 0 Å². The molecule has 2 aromatic carbocycles. The second-order valence-electron chi connectivity index (χ2n) is 5.07. The first-order valence-electron chi connectivity index (χ1n) is 6.86. The number of aromatic amines is 1. The summed E-state index contributed by atoms with van der Waals surface area (Å²) in [5.41, 5.74) is 2.01. The van der Waals surface area contributed by atoms with Gasteiger partial charge in [0.05, 0.1) is 4.92 Å². The Balaban J connectivity index is 2.19. The second-order valence-corrected chi connectivity index (χ2v) is 5.07. The Kier molecular flexibility index (Phi) is 3.46. The molecule has 0 fully saturated rings. The molecule has 0 saturated heterocycles. The monoisotopic (exact) mass is 312 g/mol. The molecule has 0 saturated carbocycles. The first-order chi connectivity index (χ1) is 11.0. The molecule has 0 aliphatic heterocycles. The zero-order chi connectivity index (χ0) is 16.6. The fraction of sp³-hybridized carbons (Fsp3) is 0.0625. The van der Waals surface area contributed by atoms with E-state index in [0.29, 0.717) is 11.4 Å². The molecule has 0 spiro atoms. The summed E-state index contributed by atoms with van der Waals surface area (Å²) in [6.45, 7) is 1.71. The third-order valence-electron chi connectivity index (χ3n) is 3.64. The lowest BCUT2D eigenvalue weighted by molar-refractivity contribution is -0.899. The molecule has 7 nitrogen and oxygen atoms in total. The van der Waals surface area contributed by atoms with Gasteiger partial charge in [-0.3, -0.25) is 10.1 Å². The molecule has 3 aromatic rings. The number of rotatable bonds is 3. The molecule has 0 aliphatic rings. The molecule has 0 atom stereocenters. The van der Waals surface area contributed by atoms with Crippen molar-refractivity contribution in [2.24, 2.45) is 0 Å². The maximum Gasteiger partial charge on any atom is 0.330 e. The molecule has 7 heteroatoms. The van der Waals surface area contributed by atoms with E-state index in [2.05, 4.69) is 4.98 Å². The Labute approximate surface area is 131 Å². The number of imidazole rings is 1. The number of nitrogens with one attached hydrogen (secondary N) is 1. The van der Waals surface area contributed by atoms with Gasteiger partial charge in [0.1, 0.15) is 11.3 Å². The van der Waals surface area contributed by atoms with Gasteiger partial charge in [-0.1, -0.05) is 30.3 Å². The van der Waals surface area contributed by atoms with E-state index >= 15 is 0 Å². The van der Waals surface area contributed by atoms with Gasteiger partial charge in [0.25, 0.3) is 5.69 Å². The van der Waals surface area contributed by atoms with Crippen molar-refractivity contribution in [3.05, 3.63) is 64.3 Å². The number of nitrogens with zero attached hydrogens (tertiary/aromatic N) is 2. The van der Waals surface area contributed by atoms with Crippen molar-refractivity contribution in [2.75, 3.05) is 0 Å². The van der Waals surface area contributed by atoms with E-state index in [9.17, 15) is 20.4 Å².